The Balaban J connectivity index is 2.80. The van der Waals surface area contributed by atoms with Crippen molar-refractivity contribution in [1.29, 1.82) is 0 Å². The Morgan fingerprint density at radius 2 is 1.59 bits per heavy atom. The van der Waals surface area contributed by atoms with Gasteiger partial charge < -0.3 is 5.73 Å². The van der Waals surface area contributed by atoms with Crippen molar-refractivity contribution in [2.45, 2.75) is 0 Å². The maximum Gasteiger partial charge on any atom is 0.131 e. The smallest absolute Gasteiger partial charge is 0.131 e. The van der Waals surface area contributed by atoms with Crippen LogP contribution in [0.5, 0.6) is 0 Å². The minimum Gasteiger partial charge on any atom is -0.383 e. The van der Waals surface area contributed by atoms with Crippen LogP contribution in [0.15, 0.2) is 24.4 Å². The van der Waals surface area contributed by atoms with Crippen LogP contribution in [0.1, 0.15) is 0 Å². The largest absolute Gasteiger partial charge is 0.383 e. The summed E-state index contributed by atoms with van der Waals surface area (Å²) in [5.41, 5.74) is 6.88. The second-order valence-electron chi connectivity index (χ2n) is 3.28. The fourth-order valence-electron chi connectivity index (χ4n) is 1.44. The van der Waals surface area contributed by atoms with Crippen LogP contribution in [0, 0.1) is 0 Å². The lowest BCUT2D eigenvalue weighted by molar-refractivity contribution is 1.34. The highest BCUT2D eigenvalue weighted by atomic mass is 35.5. The SMILES string of the molecule is Nc1ncccc1-c1c(Cl)c(Cl)cc(Cl)c1Cl. The van der Waals surface area contributed by atoms with Gasteiger partial charge in [0.05, 0.1) is 20.1 Å². The lowest BCUT2D eigenvalue weighted by atomic mass is 10.1. The van der Waals surface area contributed by atoms with E-state index >= 15 is 0 Å². The van der Waals surface area contributed by atoms with Gasteiger partial charge in [0.25, 0.3) is 0 Å². The maximum absolute atomic E-state index is 6.12. The van der Waals surface area contributed by atoms with E-state index < -0.39 is 0 Å². The van der Waals surface area contributed by atoms with E-state index in [1.165, 1.54) is 6.07 Å². The lowest BCUT2D eigenvalue weighted by Crippen LogP contribution is -1.94. The molecular weight excluding hydrogens is 302 g/mol. The predicted octanol–water partition coefficient (Wildman–Crippen LogP) is 4.94. The number of pyridine rings is 1. The normalized spacial score (nSPS) is 10.6. The molecule has 1 heterocycles. The molecule has 88 valence electrons. The van der Waals surface area contributed by atoms with Gasteiger partial charge in [0, 0.05) is 17.3 Å². The quantitative estimate of drug-likeness (QED) is 0.757. The molecule has 17 heavy (non-hydrogen) atoms. The van der Waals surface area contributed by atoms with Crippen LogP contribution in [0.25, 0.3) is 11.1 Å². The first kappa shape index (κ1) is 12.8. The van der Waals surface area contributed by atoms with E-state index in [-0.39, 0.29) is 0 Å². The minimum atomic E-state index is 0.306. The molecule has 0 bridgehead atoms. The van der Waals surface area contributed by atoms with Gasteiger partial charge in [-0.3, -0.25) is 0 Å². The molecule has 0 spiro atoms. The van der Waals surface area contributed by atoms with Crippen molar-refractivity contribution in [2.75, 3.05) is 5.73 Å². The Kier molecular flexibility index (Phi) is 3.69. The summed E-state index contributed by atoms with van der Waals surface area (Å²) in [5, 5.41) is 1.25. The van der Waals surface area contributed by atoms with Crippen LogP contribution in [-0.2, 0) is 0 Å². The van der Waals surface area contributed by atoms with E-state index in [4.69, 9.17) is 52.1 Å². The molecule has 6 heteroatoms. The Bertz CT molecular complexity index is 558. The van der Waals surface area contributed by atoms with Gasteiger partial charge in [-0.2, -0.15) is 0 Å². The molecule has 1 aromatic heterocycles. The van der Waals surface area contributed by atoms with Crippen molar-refractivity contribution in [3.8, 4) is 11.1 Å². The number of rotatable bonds is 1. The molecule has 0 amide bonds. The van der Waals surface area contributed by atoms with E-state index in [1.807, 2.05) is 0 Å². The molecule has 0 aliphatic rings. The molecule has 0 fully saturated rings. The Labute approximate surface area is 118 Å². The summed E-state index contributed by atoms with van der Waals surface area (Å²) in [7, 11) is 0. The molecular formula is C11H6Cl4N2. The number of nitrogen functional groups attached to an aromatic ring is 1. The van der Waals surface area contributed by atoms with Crippen molar-refractivity contribution in [2.24, 2.45) is 0 Å². The van der Waals surface area contributed by atoms with Crippen LogP contribution in [0.3, 0.4) is 0 Å². The van der Waals surface area contributed by atoms with Crippen molar-refractivity contribution in [3.05, 3.63) is 44.5 Å². The molecule has 0 aliphatic heterocycles. The van der Waals surface area contributed by atoms with Gasteiger partial charge in [-0.05, 0) is 18.2 Å². The monoisotopic (exact) mass is 306 g/mol. The molecule has 0 unspecified atom stereocenters. The van der Waals surface area contributed by atoms with E-state index in [1.54, 1.807) is 18.3 Å². The third-order valence-electron chi connectivity index (χ3n) is 2.22. The zero-order valence-corrected chi connectivity index (χ0v) is 11.4. The Morgan fingerprint density at radius 1 is 1.00 bits per heavy atom. The van der Waals surface area contributed by atoms with Gasteiger partial charge in [-0.25, -0.2) is 4.98 Å². The Morgan fingerprint density at radius 3 is 2.12 bits per heavy atom. The average molecular weight is 308 g/mol. The fraction of sp³-hybridized carbons (Fsp3) is 0. The summed E-state index contributed by atoms with van der Waals surface area (Å²) in [6.45, 7) is 0. The van der Waals surface area contributed by atoms with Crippen molar-refractivity contribution in [3.63, 3.8) is 0 Å². The third kappa shape index (κ3) is 2.31. The molecule has 1 aromatic carbocycles. The number of halogens is 4. The summed E-state index contributed by atoms with van der Waals surface area (Å²) >= 11 is 24.2. The molecule has 2 nitrogen and oxygen atoms in total. The first-order valence-corrected chi connectivity index (χ1v) is 6.07. The van der Waals surface area contributed by atoms with E-state index in [2.05, 4.69) is 4.98 Å². The third-order valence-corrected chi connectivity index (χ3v) is 3.79. The summed E-state index contributed by atoms with van der Waals surface area (Å²) in [6, 6.07) is 4.97. The van der Waals surface area contributed by atoms with Gasteiger partial charge in [-0.1, -0.05) is 46.4 Å². The highest BCUT2D eigenvalue weighted by molar-refractivity contribution is 6.50. The van der Waals surface area contributed by atoms with Crippen LogP contribution in [-0.4, -0.2) is 4.98 Å². The second kappa shape index (κ2) is 4.91. The van der Waals surface area contributed by atoms with Crippen molar-refractivity contribution in [1.82, 2.24) is 4.98 Å². The van der Waals surface area contributed by atoms with Gasteiger partial charge in [0.1, 0.15) is 5.82 Å². The highest BCUT2D eigenvalue weighted by Gasteiger charge is 2.17. The number of nitrogens with two attached hydrogens (primary N) is 1. The van der Waals surface area contributed by atoms with Gasteiger partial charge in [0.2, 0.25) is 0 Å². The van der Waals surface area contributed by atoms with Crippen LogP contribution in [0.2, 0.25) is 20.1 Å². The predicted molar refractivity (Wildman–Crippen MR) is 74.1 cm³/mol. The zero-order valence-electron chi connectivity index (χ0n) is 8.35. The van der Waals surface area contributed by atoms with Crippen LogP contribution in [0.4, 0.5) is 5.82 Å². The fourth-order valence-corrected chi connectivity index (χ4v) is 2.45. The highest BCUT2D eigenvalue weighted by Crippen LogP contribution is 2.44. The zero-order chi connectivity index (χ0) is 12.6. The minimum absolute atomic E-state index is 0.306. The van der Waals surface area contributed by atoms with Gasteiger partial charge in [0.15, 0.2) is 0 Å². The molecule has 2 aromatic rings. The first-order chi connectivity index (χ1) is 8.02. The van der Waals surface area contributed by atoms with E-state index in [0.717, 1.165) is 0 Å². The van der Waals surface area contributed by atoms with Crippen LogP contribution < -0.4 is 5.73 Å². The molecule has 2 rings (SSSR count). The summed E-state index contributed by atoms with van der Waals surface area (Å²) < 4.78 is 0. The van der Waals surface area contributed by atoms with Crippen molar-refractivity contribution < 1.29 is 0 Å². The van der Waals surface area contributed by atoms with Gasteiger partial charge >= 0.3 is 0 Å². The number of benzene rings is 1. The second-order valence-corrected chi connectivity index (χ2v) is 4.85. The molecule has 0 saturated carbocycles. The molecule has 0 radical (unpaired) electrons. The number of hydrogen-bond donors (Lipinski definition) is 1. The van der Waals surface area contributed by atoms with Gasteiger partial charge in [-0.15, -0.1) is 0 Å². The molecule has 0 saturated heterocycles. The average Bonchev–Trinajstić information content (AvgIpc) is 2.29. The first-order valence-electron chi connectivity index (χ1n) is 4.56. The standard InChI is InChI=1S/C11H6Cl4N2/c12-6-4-7(13)10(15)8(9(6)14)5-2-1-3-17-11(5)16/h1-4H,(H2,16,17). The summed E-state index contributed by atoms with van der Waals surface area (Å²) in [4.78, 5) is 3.97. The number of anilines is 1. The van der Waals surface area contributed by atoms with E-state index in [0.29, 0.717) is 37.0 Å². The van der Waals surface area contributed by atoms with E-state index in [9.17, 15) is 0 Å². The maximum atomic E-state index is 6.12. The lowest BCUT2D eigenvalue weighted by Gasteiger charge is -2.11. The van der Waals surface area contributed by atoms with Crippen molar-refractivity contribution >= 4 is 52.2 Å². The summed E-state index contributed by atoms with van der Waals surface area (Å²) in [6.07, 6.45) is 1.58. The summed E-state index contributed by atoms with van der Waals surface area (Å²) in [5.74, 6) is 0.314. The number of hydrogen-bond acceptors (Lipinski definition) is 2. The molecule has 0 aliphatic carbocycles. The van der Waals surface area contributed by atoms with Crippen LogP contribution >= 0.6 is 46.4 Å². The topological polar surface area (TPSA) is 38.9 Å². The number of aromatic nitrogens is 1. The molecule has 0 atom stereocenters. The number of nitrogens with zero attached hydrogens (tertiary/aromatic N) is 1. The molecule has 2 N–H and O–H groups in total. The Hall–Kier alpha value is -0.670.